The molecule has 5 rings (SSSR count). The summed E-state index contributed by atoms with van der Waals surface area (Å²) >= 11 is 0. The summed E-state index contributed by atoms with van der Waals surface area (Å²) in [7, 11) is 0. The van der Waals surface area contributed by atoms with Gasteiger partial charge in [-0.05, 0) is 49.1 Å². The fraction of sp³-hybridized carbons (Fsp3) is 0.483. The first-order chi connectivity index (χ1) is 18.2. The minimum Gasteiger partial charge on any atom is -0.459 e. The van der Waals surface area contributed by atoms with E-state index >= 15 is 0 Å². The van der Waals surface area contributed by atoms with Gasteiger partial charge in [0.1, 0.15) is 0 Å². The SMILES string of the molecule is CCO[C@H]1OC(C(=O)N2CCN(Cc3ccc4c(c3)OCO4)CC2)=C[C@@H](c2ccccc2)[C@H]1CCCO. The Morgan fingerprint density at radius 1 is 1.05 bits per heavy atom. The van der Waals surface area contributed by atoms with Crippen LogP contribution in [-0.4, -0.2) is 73.3 Å². The second-order valence-electron chi connectivity index (χ2n) is 9.69. The van der Waals surface area contributed by atoms with Crippen molar-refractivity contribution in [3.05, 3.63) is 71.5 Å². The summed E-state index contributed by atoms with van der Waals surface area (Å²) in [5, 5.41) is 9.46. The van der Waals surface area contributed by atoms with E-state index in [1.54, 1.807) is 0 Å². The number of nitrogens with zero attached hydrogens (tertiary/aromatic N) is 2. The fourth-order valence-electron chi connectivity index (χ4n) is 5.38. The van der Waals surface area contributed by atoms with Gasteiger partial charge in [-0.3, -0.25) is 9.69 Å². The molecule has 3 aliphatic rings. The monoisotopic (exact) mass is 508 g/mol. The molecule has 3 heterocycles. The Hall–Kier alpha value is -3.07. The Balaban J connectivity index is 1.26. The molecule has 0 aliphatic carbocycles. The third-order valence-electron chi connectivity index (χ3n) is 7.31. The lowest BCUT2D eigenvalue weighted by Crippen LogP contribution is -2.49. The summed E-state index contributed by atoms with van der Waals surface area (Å²) < 4.78 is 23.1. The lowest BCUT2D eigenvalue weighted by molar-refractivity contribution is -0.171. The number of carbonyl (C=O) groups excluding carboxylic acids is 1. The number of ether oxygens (including phenoxy) is 4. The number of fused-ring (bicyclic) bond motifs is 1. The van der Waals surface area contributed by atoms with Crippen LogP contribution in [0.1, 0.15) is 36.8 Å². The van der Waals surface area contributed by atoms with Gasteiger partial charge in [-0.15, -0.1) is 0 Å². The average Bonchev–Trinajstić information content (AvgIpc) is 3.41. The molecule has 8 heteroatoms. The van der Waals surface area contributed by atoms with Crippen LogP contribution < -0.4 is 9.47 Å². The number of hydrogen-bond donors (Lipinski definition) is 1. The second kappa shape index (κ2) is 12.0. The van der Waals surface area contributed by atoms with Crippen molar-refractivity contribution in [2.75, 3.05) is 46.2 Å². The minimum atomic E-state index is -0.530. The zero-order chi connectivity index (χ0) is 25.6. The van der Waals surface area contributed by atoms with Crippen LogP contribution in [0.2, 0.25) is 0 Å². The summed E-state index contributed by atoms with van der Waals surface area (Å²) in [4.78, 5) is 17.8. The molecule has 3 aliphatic heterocycles. The number of aliphatic hydroxyl groups excluding tert-OH is 1. The Kier molecular flexibility index (Phi) is 8.28. The Morgan fingerprint density at radius 2 is 1.84 bits per heavy atom. The van der Waals surface area contributed by atoms with E-state index in [0.29, 0.717) is 31.9 Å². The zero-order valence-electron chi connectivity index (χ0n) is 21.4. The Labute approximate surface area is 218 Å². The molecule has 0 saturated carbocycles. The summed E-state index contributed by atoms with van der Waals surface area (Å²) in [5.74, 6) is 1.85. The van der Waals surface area contributed by atoms with Crippen LogP contribution in [0.15, 0.2) is 60.4 Å². The van der Waals surface area contributed by atoms with Crippen LogP contribution in [-0.2, 0) is 20.8 Å². The molecule has 8 nitrogen and oxygen atoms in total. The first-order valence-corrected chi connectivity index (χ1v) is 13.2. The maximum absolute atomic E-state index is 13.6. The van der Waals surface area contributed by atoms with Crippen molar-refractivity contribution in [3.8, 4) is 11.5 Å². The maximum Gasteiger partial charge on any atom is 0.288 e. The van der Waals surface area contributed by atoms with Crippen LogP contribution >= 0.6 is 0 Å². The van der Waals surface area contributed by atoms with Gasteiger partial charge in [-0.25, -0.2) is 0 Å². The van der Waals surface area contributed by atoms with Crippen LogP contribution in [0.3, 0.4) is 0 Å². The second-order valence-corrected chi connectivity index (χ2v) is 9.69. The topological polar surface area (TPSA) is 80.7 Å². The first kappa shape index (κ1) is 25.6. The highest BCUT2D eigenvalue weighted by Crippen LogP contribution is 2.40. The van der Waals surface area contributed by atoms with E-state index in [4.69, 9.17) is 18.9 Å². The summed E-state index contributed by atoms with van der Waals surface area (Å²) in [6.07, 6.45) is 2.84. The van der Waals surface area contributed by atoms with E-state index < -0.39 is 6.29 Å². The molecule has 3 atom stereocenters. The van der Waals surface area contributed by atoms with Crippen molar-refractivity contribution in [1.29, 1.82) is 0 Å². The highest BCUT2D eigenvalue weighted by atomic mass is 16.7. The van der Waals surface area contributed by atoms with Crippen molar-refractivity contribution >= 4 is 5.91 Å². The van der Waals surface area contributed by atoms with Gasteiger partial charge in [0.25, 0.3) is 5.91 Å². The molecular weight excluding hydrogens is 472 g/mol. The highest BCUT2D eigenvalue weighted by molar-refractivity contribution is 5.92. The molecule has 2 aromatic rings. The van der Waals surface area contributed by atoms with Crippen molar-refractivity contribution < 1.29 is 28.8 Å². The molecule has 0 bridgehead atoms. The predicted molar refractivity (Wildman–Crippen MR) is 138 cm³/mol. The number of piperazine rings is 1. The number of aliphatic hydroxyl groups is 1. The summed E-state index contributed by atoms with van der Waals surface area (Å²) in [6.45, 7) is 6.43. The van der Waals surface area contributed by atoms with E-state index in [9.17, 15) is 9.90 Å². The summed E-state index contributed by atoms with van der Waals surface area (Å²) in [5.41, 5.74) is 2.29. The molecule has 0 unspecified atom stereocenters. The van der Waals surface area contributed by atoms with Gasteiger partial charge in [0.15, 0.2) is 17.3 Å². The Bertz CT molecular complexity index is 1080. The highest BCUT2D eigenvalue weighted by Gasteiger charge is 2.39. The number of allylic oxidation sites excluding steroid dienone is 1. The normalized spacial score (nSPS) is 23.5. The predicted octanol–water partition coefficient (Wildman–Crippen LogP) is 3.51. The van der Waals surface area contributed by atoms with Gasteiger partial charge in [0.05, 0.1) is 0 Å². The van der Waals surface area contributed by atoms with Crippen molar-refractivity contribution in [2.45, 2.75) is 38.5 Å². The van der Waals surface area contributed by atoms with E-state index in [2.05, 4.69) is 23.1 Å². The van der Waals surface area contributed by atoms with Crippen LogP contribution in [0.5, 0.6) is 11.5 Å². The number of amides is 1. The van der Waals surface area contributed by atoms with E-state index in [1.165, 1.54) is 5.56 Å². The van der Waals surface area contributed by atoms with Gasteiger partial charge in [0.2, 0.25) is 13.1 Å². The lowest BCUT2D eigenvalue weighted by Gasteiger charge is -2.39. The van der Waals surface area contributed by atoms with Crippen molar-refractivity contribution in [3.63, 3.8) is 0 Å². The molecule has 1 fully saturated rings. The minimum absolute atomic E-state index is 0.0181. The molecule has 0 aromatic heterocycles. The van der Waals surface area contributed by atoms with Crippen LogP contribution in [0.4, 0.5) is 0 Å². The zero-order valence-corrected chi connectivity index (χ0v) is 21.4. The maximum atomic E-state index is 13.6. The van der Waals surface area contributed by atoms with Crippen LogP contribution in [0.25, 0.3) is 0 Å². The van der Waals surface area contributed by atoms with Gasteiger partial charge in [0, 0.05) is 57.8 Å². The molecule has 1 amide bonds. The smallest absolute Gasteiger partial charge is 0.288 e. The molecule has 1 saturated heterocycles. The number of hydrogen-bond acceptors (Lipinski definition) is 7. The quantitative estimate of drug-likeness (QED) is 0.555. The largest absolute Gasteiger partial charge is 0.459 e. The molecule has 198 valence electrons. The lowest BCUT2D eigenvalue weighted by atomic mass is 9.80. The molecule has 0 radical (unpaired) electrons. The molecule has 0 spiro atoms. The van der Waals surface area contributed by atoms with Gasteiger partial charge >= 0.3 is 0 Å². The first-order valence-electron chi connectivity index (χ1n) is 13.2. The van der Waals surface area contributed by atoms with E-state index in [1.807, 2.05) is 48.2 Å². The van der Waals surface area contributed by atoms with Crippen LogP contribution in [0, 0.1) is 5.92 Å². The number of carbonyl (C=O) groups is 1. The number of benzene rings is 2. The third-order valence-corrected chi connectivity index (χ3v) is 7.31. The molecule has 2 aromatic carbocycles. The van der Waals surface area contributed by atoms with Crippen molar-refractivity contribution in [1.82, 2.24) is 9.80 Å². The standard InChI is InChI=1S/C29H36N2O6/c1-2-34-29-23(9-6-16-32)24(22-7-4-3-5-8-22)18-27(37-29)28(33)31-14-12-30(13-15-31)19-21-10-11-25-26(17-21)36-20-35-25/h3-5,7-8,10-11,17-18,23-24,29,32H,2,6,9,12-16,19-20H2,1H3/t23-,24+,29+/m1/s1. The van der Waals surface area contributed by atoms with Gasteiger partial charge in [-0.1, -0.05) is 36.4 Å². The van der Waals surface area contributed by atoms with Gasteiger partial charge < -0.3 is 29.0 Å². The fourth-order valence-corrected chi connectivity index (χ4v) is 5.38. The third kappa shape index (κ3) is 5.92. The molecule has 37 heavy (non-hydrogen) atoms. The Morgan fingerprint density at radius 3 is 2.59 bits per heavy atom. The average molecular weight is 509 g/mol. The van der Waals surface area contributed by atoms with Gasteiger partial charge in [-0.2, -0.15) is 0 Å². The molecular formula is C29H36N2O6. The summed E-state index contributed by atoms with van der Waals surface area (Å²) in [6, 6.07) is 16.2. The molecule has 1 N–H and O–H groups in total. The number of rotatable bonds is 9. The van der Waals surface area contributed by atoms with E-state index in [0.717, 1.165) is 43.1 Å². The van der Waals surface area contributed by atoms with E-state index in [-0.39, 0.29) is 31.1 Å². The van der Waals surface area contributed by atoms with Crippen molar-refractivity contribution in [2.24, 2.45) is 5.92 Å².